The molecule has 0 saturated heterocycles. The van der Waals surface area contributed by atoms with Gasteiger partial charge in [0.05, 0.1) is 5.69 Å². The van der Waals surface area contributed by atoms with Crippen molar-refractivity contribution in [1.29, 1.82) is 0 Å². The van der Waals surface area contributed by atoms with E-state index in [4.69, 9.17) is 11.6 Å². The van der Waals surface area contributed by atoms with Gasteiger partial charge in [-0.25, -0.2) is 4.68 Å². The van der Waals surface area contributed by atoms with Crippen LogP contribution in [0.5, 0.6) is 0 Å². The highest BCUT2D eigenvalue weighted by Gasteiger charge is 2.17. The molecule has 0 aliphatic rings. The Morgan fingerprint density at radius 1 is 1.30 bits per heavy atom. The van der Waals surface area contributed by atoms with Gasteiger partial charge in [0.25, 0.3) is 5.91 Å². The van der Waals surface area contributed by atoms with E-state index in [0.29, 0.717) is 23.8 Å². The fourth-order valence-electron chi connectivity index (χ4n) is 2.12. The summed E-state index contributed by atoms with van der Waals surface area (Å²) in [4.78, 5) is 14.0. The zero-order chi connectivity index (χ0) is 14.7. The lowest BCUT2D eigenvalue weighted by atomic mass is 10.3. The minimum Gasteiger partial charge on any atom is -0.338 e. The van der Waals surface area contributed by atoms with Gasteiger partial charge in [-0.05, 0) is 45.0 Å². The van der Waals surface area contributed by atoms with Crippen molar-refractivity contribution in [3.8, 4) is 5.69 Å². The summed E-state index contributed by atoms with van der Waals surface area (Å²) in [7, 11) is 0. The summed E-state index contributed by atoms with van der Waals surface area (Å²) in [5.41, 5.74) is 2.22. The van der Waals surface area contributed by atoms with Crippen molar-refractivity contribution in [1.82, 2.24) is 14.7 Å². The minimum atomic E-state index is -0.0427. The average Bonchev–Trinajstić information content (AvgIpc) is 2.82. The molecule has 0 aliphatic heterocycles. The van der Waals surface area contributed by atoms with Crippen LogP contribution in [-0.2, 0) is 0 Å². The average molecular weight is 292 g/mol. The second kappa shape index (κ2) is 6.09. The molecular formula is C15H18ClN3O. The fourth-order valence-corrected chi connectivity index (χ4v) is 2.31. The molecule has 0 radical (unpaired) electrons. The van der Waals surface area contributed by atoms with Gasteiger partial charge in [-0.1, -0.05) is 17.7 Å². The summed E-state index contributed by atoms with van der Waals surface area (Å²) in [5, 5.41) is 5.05. The largest absolute Gasteiger partial charge is 0.338 e. The number of aryl methyl sites for hydroxylation is 1. The summed E-state index contributed by atoms with van der Waals surface area (Å²) >= 11 is 6.00. The zero-order valence-electron chi connectivity index (χ0n) is 11.9. The van der Waals surface area contributed by atoms with E-state index >= 15 is 0 Å². The first-order valence-electron chi connectivity index (χ1n) is 6.68. The van der Waals surface area contributed by atoms with Crippen molar-refractivity contribution in [3.63, 3.8) is 0 Å². The molecule has 2 rings (SSSR count). The second-order valence-electron chi connectivity index (χ2n) is 4.54. The monoisotopic (exact) mass is 291 g/mol. The van der Waals surface area contributed by atoms with Crippen molar-refractivity contribution in [2.45, 2.75) is 20.8 Å². The predicted octanol–water partition coefficient (Wildman–Crippen LogP) is 3.32. The topological polar surface area (TPSA) is 38.1 Å². The van der Waals surface area contributed by atoms with E-state index in [1.807, 2.05) is 51.1 Å². The Kier molecular flexibility index (Phi) is 4.45. The molecule has 1 amide bonds. The van der Waals surface area contributed by atoms with Gasteiger partial charge < -0.3 is 4.90 Å². The van der Waals surface area contributed by atoms with E-state index in [-0.39, 0.29) is 5.91 Å². The quantitative estimate of drug-likeness (QED) is 0.867. The van der Waals surface area contributed by atoms with Crippen LogP contribution in [0.1, 0.15) is 30.0 Å². The number of hydrogen-bond donors (Lipinski definition) is 0. The molecule has 0 fully saturated rings. The van der Waals surface area contributed by atoms with Crippen molar-refractivity contribution in [2.24, 2.45) is 0 Å². The highest BCUT2D eigenvalue weighted by atomic mass is 35.5. The number of aromatic nitrogens is 2. The molecule has 0 bridgehead atoms. The summed E-state index contributed by atoms with van der Waals surface area (Å²) < 4.78 is 1.74. The molecular weight excluding hydrogens is 274 g/mol. The third-order valence-corrected chi connectivity index (χ3v) is 3.45. The summed E-state index contributed by atoms with van der Waals surface area (Å²) in [5.74, 6) is -0.0427. The van der Waals surface area contributed by atoms with Crippen LogP contribution in [0.2, 0.25) is 5.02 Å². The van der Waals surface area contributed by atoms with E-state index < -0.39 is 0 Å². The van der Waals surface area contributed by atoms with Gasteiger partial charge in [-0.3, -0.25) is 4.79 Å². The van der Waals surface area contributed by atoms with Crippen LogP contribution in [0, 0.1) is 6.92 Å². The van der Waals surface area contributed by atoms with Crippen LogP contribution in [0.3, 0.4) is 0 Å². The van der Waals surface area contributed by atoms with Crippen LogP contribution in [-0.4, -0.2) is 33.7 Å². The molecule has 5 heteroatoms. The Bertz CT molecular complexity index is 617. The highest BCUT2D eigenvalue weighted by Crippen LogP contribution is 2.17. The first-order chi connectivity index (χ1) is 9.56. The molecule has 1 aromatic carbocycles. The molecule has 20 heavy (non-hydrogen) atoms. The molecule has 2 aromatic rings. The van der Waals surface area contributed by atoms with E-state index in [2.05, 4.69) is 5.10 Å². The van der Waals surface area contributed by atoms with Gasteiger partial charge in [0.2, 0.25) is 0 Å². The maximum absolute atomic E-state index is 12.3. The Morgan fingerprint density at radius 3 is 2.60 bits per heavy atom. The number of benzene rings is 1. The molecule has 4 nitrogen and oxygen atoms in total. The number of carbonyl (C=O) groups is 1. The van der Waals surface area contributed by atoms with Gasteiger partial charge in [-0.15, -0.1) is 0 Å². The normalized spacial score (nSPS) is 10.6. The van der Waals surface area contributed by atoms with Crippen molar-refractivity contribution < 1.29 is 4.79 Å². The highest BCUT2D eigenvalue weighted by molar-refractivity contribution is 6.30. The van der Waals surface area contributed by atoms with E-state index in [1.54, 1.807) is 9.58 Å². The Morgan fingerprint density at radius 2 is 2.00 bits per heavy atom. The standard InChI is InChI=1S/C15H18ClN3O/c1-4-18(5-2)15(20)14-9-11(3)19(17-14)13-8-6-7-12(16)10-13/h6-10H,4-5H2,1-3H3. The van der Waals surface area contributed by atoms with Crippen molar-refractivity contribution in [3.05, 3.63) is 46.7 Å². The molecule has 0 saturated carbocycles. The fraction of sp³-hybridized carbons (Fsp3) is 0.333. The predicted molar refractivity (Wildman–Crippen MR) is 80.6 cm³/mol. The molecule has 0 atom stereocenters. The zero-order valence-corrected chi connectivity index (χ0v) is 12.7. The number of amides is 1. The van der Waals surface area contributed by atoms with E-state index in [1.165, 1.54) is 0 Å². The van der Waals surface area contributed by atoms with E-state index in [0.717, 1.165) is 11.4 Å². The maximum Gasteiger partial charge on any atom is 0.274 e. The first kappa shape index (κ1) is 14.6. The van der Waals surface area contributed by atoms with Crippen LogP contribution in [0.4, 0.5) is 0 Å². The minimum absolute atomic E-state index is 0.0427. The number of carbonyl (C=O) groups excluding carboxylic acids is 1. The molecule has 0 spiro atoms. The van der Waals surface area contributed by atoms with E-state index in [9.17, 15) is 4.79 Å². The van der Waals surface area contributed by atoms with Crippen LogP contribution >= 0.6 is 11.6 Å². The second-order valence-corrected chi connectivity index (χ2v) is 4.98. The van der Waals surface area contributed by atoms with Gasteiger partial charge in [0, 0.05) is 23.8 Å². The van der Waals surface area contributed by atoms with Gasteiger partial charge in [-0.2, -0.15) is 5.10 Å². The number of rotatable bonds is 4. The summed E-state index contributed by atoms with van der Waals surface area (Å²) in [6, 6.07) is 9.23. The summed E-state index contributed by atoms with van der Waals surface area (Å²) in [6.45, 7) is 7.20. The van der Waals surface area contributed by atoms with Crippen LogP contribution < -0.4 is 0 Å². The third-order valence-electron chi connectivity index (χ3n) is 3.21. The summed E-state index contributed by atoms with van der Waals surface area (Å²) in [6.07, 6.45) is 0. The third kappa shape index (κ3) is 2.85. The Labute approximate surface area is 124 Å². The Hall–Kier alpha value is -1.81. The van der Waals surface area contributed by atoms with Crippen molar-refractivity contribution in [2.75, 3.05) is 13.1 Å². The molecule has 0 N–H and O–H groups in total. The molecule has 0 aliphatic carbocycles. The lowest BCUT2D eigenvalue weighted by Gasteiger charge is -2.16. The number of halogens is 1. The first-order valence-corrected chi connectivity index (χ1v) is 7.06. The van der Waals surface area contributed by atoms with Crippen molar-refractivity contribution >= 4 is 17.5 Å². The van der Waals surface area contributed by atoms with Gasteiger partial charge in [0.15, 0.2) is 5.69 Å². The van der Waals surface area contributed by atoms with Crippen LogP contribution in [0.25, 0.3) is 5.69 Å². The van der Waals surface area contributed by atoms with Gasteiger partial charge >= 0.3 is 0 Å². The van der Waals surface area contributed by atoms with Crippen LogP contribution in [0.15, 0.2) is 30.3 Å². The molecule has 106 valence electrons. The Balaban J connectivity index is 2.37. The number of hydrogen-bond acceptors (Lipinski definition) is 2. The lowest BCUT2D eigenvalue weighted by molar-refractivity contribution is 0.0766. The molecule has 0 unspecified atom stereocenters. The lowest BCUT2D eigenvalue weighted by Crippen LogP contribution is -2.30. The molecule has 1 aromatic heterocycles. The van der Waals surface area contributed by atoms with Gasteiger partial charge in [0.1, 0.15) is 0 Å². The SMILES string of the molecule is CCN(CC)C(=O)c1cc(C)n(-c2cccc(Cl)c2)n1. The number of nitrogens with zero attached hydrogens (tertiary/aromatic N) is 3. The molecule has 1 heterocycles. The maximum atomic E-state index is 12.3. The smallest absolute Gasteiger partial charge is 0.274 e.